The first-order valence-electron chi connectivity index (χ1n) is 12.9. The molecule has 2 aliphatic heterocycles. The van der Waals surface area contributed by atoms with Gasteiger partial charge < -0.3 is 15.5 Å². The molecule has 188 valence electrons. The topological polar surface area (TPSA) is 85.0 Å². The Kier molecular flexibility index (Phi) is 10.3. The van der Waals surface area contributed by atoms with Gasteiger partial charge in [-0.1, -0.05) is 38.5 Å². The van der Waals surface area contributed by atoms with Crippen LogP contribution in [-0.2, 0) is 20.8 Å². The van der Waals surface area contributed by atoms with Crippen LogP contribution < -0.4 is 10.6 Å². The quantitative estimate of drug-likeness (QED) is 0.510. The van der Waals surface area contributed by atoms with E-state index in [9.17, 15) is 14.4 Å². The fraction of sp³-hybridized carbons (Fsp3) is 0.654. The highest BCUT2D eigenvalue weighted by molar-refractivity contribution is 5.93. The standard InChI is InChI=1S/C26H41N5O3/c1-3-5-12-27-26(34)22-10-8-13-30(18-22)20-25(33)31-16-14-29(15-17-31)19-24(32)28-23-11-7-6-9-21(23)4-2/h6-7,9,11,22H,3-5,8,10,12-20H2,1-2H3,(H,27,34)(H,28,32). The first-order valence-corrected chi connectivity index (χ1v) is 12.9. The first-order chi connectivity index (χ1) is 16.5. The number of piperazine rings is 1. The minimum Gasteiger partial charge on any atom is -0.356 e. The van der Waals surface area contributed by atoms with Gasteiger partial charge in [0.2, 0.25) is 17.7 Å². The van der Waals surface area contributed by atoms with E-state index < -0.39 is 0 Å². The molecule has 0 spiro atoms. The predicted molar refractivity (Wildman–Crippen MR) is 135 cm³/mol. The molecule has 2 fully saturated rings. The van der Waals surface area contributed by atoms with Gasteiger partial charge in [0.1, 0.15) is 0 Å². The Bertz CT molecular complexity index is 822. The van der Waals surface area contributed by atoms with Crippen molar-refractivity contribution in [3.05, 3.63) is 29.8 Å². The highest BCUT2D eigenvalue weighted by Gasteiger charge is 2.29. The highest BCUT2D eigenvalue weighted by atomic mass is 16.2. The molecule has 0 bridgehead atoms. The number of amides is 3. The second kappa shape index (κ2) is 13.4. The van der Waals surface area contributed by atoms with Crippen molar-refractivity contribution in [2.24, 2.45) is 5.92 Å². The highest BCUT2D eigenvalue weighted by Crippen LogP contribution is 2.18. The van der Waals surface area contributed by atoms with Gasteiger partial charge in [-0.15, -0.1) is 0 Å². The lowest BCUT2D eigenvalue weighted by atomic mass is 9.97. The Morgan fingerprint density at radius 1 is 0.971 bits per heavy atom. The zero-order chi connectivity index (χ0) is 24.3. The summed E-state index contributed by atoms with van der Waals surface area (Å²) in [7, 11) is 0. The van der Waals surface area contributed by atoms with E-state index >= 15 is 0 Å². The molecular weight excluding hydrogens is 430 g/mol. The molecule has 2 saturated heterocycles. The van der Waals surface area contributed by atoms with Crippen LogP contribution in [0.2, 0.25) is 0 Å². The van der Waals surface area contributed by atoms with Crippen molar-refractivity contribution in [1.29, 1.82) is 0 Å². The fourth-order valence-electron chi connectivity index (χ4n) is 4.74. The van der Waals surface area contributed by atoms with Crippen LogP contribution in [0.1, 0.15) is 45.1 Å². The Labute approximate surface area is 204 Å². The predicted octanol–water partition coefficient (Wildman–Crippen LogP) is 1.96. The van der Waals surface area contributed by atoms with Crippen LogP contribution in [0.5, 0.6) is 0 Å². The first kappa shape index (κ1) is 26.2. The molecule has 2 heterocycles. The molecular formula is C26H41N5O3. The lowest BCUT2D eigenvalue weighted by Crippen LogP contribution is -2.53. The number of hydrogen-bond donors (Lipinski definition) is 2. The van der Waals surface area contributed by atoms with Gasteiger partial charge in [-0.2, -0.15) is 0 Å². The molecule has 8 nitrogen and oxygen atoms in total. The molecule has 0 saturated carbocycles. The molecule has 8 heteroatoms. The molecule has 1 unspecified atom stereocenters. The van der Waals surface area contributed by atoms with E-state index in [4.69, 9.17) is 0 Å². The summed E-state index contributed by atoms with van der Waals surface area (Å²) in [5, 5.41) is 6.06. The summed E-state index contributed by atoms with van der Waals surface area (Å²) < 4.78 is 0. The number of carbonyl (C=O) groups is 3. The smallest absolute Gasteiger partial charge is 0.238 e. The van der Waals surface area contributed by atoms with E-state index in [0.29, 0.717) is 45.8 Å². The van der Waals surface area contributed by atoms with Crippen molar-refractivity contribution in [3.8, 4) is 0 Å². The second-order valence-corrected chi connectivity index (χ2v) is 9.43. The summed E-state index contributed by atoms with van der Waals surface area (Å²) in [5.41, 5.74) is 2.01. The summed E-state index contributed by atoms with van der Waals surface area (Å²) in [4.78, 5) is 43.9. The van der Waals surface area contributed by atoms with Crippen molar-refractivity contribution in [2.75, 3.05) is 64.2 Å². The number of unbranched alkanes of at least 4 members (excludes halogenated alkanes) is 1. The van der Waals surface area contributed by atoms with Crippen LogP contribution >= 0.6 is 0 Å². The van der Waals surface area contributed by atoms with Gasteiger partial charge in [0.15, 0.2) is 0 Å². The van der Waals surface area contributed by atoms with Crippen LogP contribution in [0.3, 0.4) is 0 Å². The van der Waals surface area contributed by atoms with E-state index in [0.717, 1.165) is 56.4 Å². The largest absolute Gasteiger partial charge is 0.356 e. The number of aryl methyl sites for hydroxylation is 1. The molecule has 2 N–H and O–H groups in total. The number of likely N-dealkylation sites (tertiary alicyclic amines) is 1. The molecule has 2 aliphatic rings. The molecule has 0 aliphatic carbocycles. The SMILES string of the molecule is CCCCNC(=O)C1CCCN(CC(=O)N2CCN(CC(=O)Nc3ccccc3CC)CC2)C1. The summed E-state index contributed by atoms with van der Waals surface area (Å²) in [6.45, 7) is 9.79. The van der Waals surface area contributed by atoms with Gasteiger partial charge in [0.25, 0.3) is 0 Å². The molecule has 0 radical (unpaired) electrons. The van der Waals surface area contributed by atoms with Crippen LogP contribution in [0.4, 0.5) is 5.69 Å². The molecule has 34 heavy (non-hydrogen) atoms. The number of nitrogens with one attached hydrogen (secondary N) is 2. The Balaban J connectivity index is 1.38. The Hall–Kier alpha value is -2.45. The molecule has 3 rings (SSSR count). The Morgan fingerprint density at radius 2 is 1.74 bits per heavy atom. The van der Waals surface area contributed by atoms with Crippen LogP contribution in [0.15, 0.2) is 24.3 Å². The summed E-state index contributed by atoms with van der Waals surface area (Å²) in [6, 6.07) is 7.89. The van der Waals surface area contributed by atoms with E-state index in [2.05, 4.69) is 34.3 Å². The minimum absolute atomic E-state index is 0.0164. The zero-order valence-corrected chi connectivity index (χ0v) is 20.9. The number of hydrogen-bond acceptors (Lipinski definition) is 5. The van der Waals surface area contributed by atoms with E-state index in [1.165, 1.54) is 0 Å². The summed E-state index contributed by atoms with van der Waals surface area (Å²) >= 11 is 0. The lowest BCUT2D eigenvalue weighted by Gasteiger charge is -2.37. The maximum Gasteiger partial charge on any atom is 0.238 e. The Morgan fingerprint density at radius 3 is 2.47 bits per heavy atom. The molecule has 0 aromatic heterocycles. The molecule has 3 amide bonds. The minimum atomic E-state index is -0.0217. The van der Waals surface area contributed by atoms with Crippen molar-refractivity contribution in [3.63, 3.8) is 0 Å². The third kappa shape index (κ3) is 7.81. The van der Waals surface area contributed by atoms with E-state index in [1.807, 2.05) is 29.2 Å². The van der Waals surface area contributed by atoms with Crippen LogP contribution in [-0.4, -0.2) is 91.3 Å². The average molecular weight is 472 g/mol. The van der Waals surface area contributed by atoms with Gasteiger partial charge >= 0.3 is 0 Å². The third-order valence-electron chi connectivity index (χ3n) is 6.83. The molecule has 1 aromatic carbocycles. The maximum absolute atomic E-state index is 12.9. The zero-order valence-electron chi connectivity index (χ0n) is 20.9. The third-order valence-corrected chi connectivity index (χ3v) is 6.83. The summed E-state index contributed by atoms with van der Waals surface area (Å²) in [6.07, 6.45) is 4.78. The number of rotatable bonds is 10. The normalized spacial score (nSPS) is 19.6. The monoisotopic (exact) mass is 471 g/mol. The van der Waals surface area contributed by atoms with Crippen molar-refractivity contribution < 1.29 is 14.4 Å². The second-order valence-electron chi connectivity index (χ2n) is 9.43. The number of nitrogens with zero attached hydrogens (tertiary/aromatic N) is 3. The molecule has 1 atom stereocenters. The van der Waals surface area contributed by atoms with Gasteiger partial charge in [0, 0.05) is 45.0 Å². The van der Waals surface area contributed by atoms with Gasteiger partial charge in [0.05, 0.1) is 19.0 Å². The fourth-order valence-corrected chi connectivity index (χ4v) is 4.74. The molecule has 1 aromatic rings. The number of para-hydroxylation sites is 1. The van der Waals surface area contributed by atoms with Gasteiger partial charge in [-0.05, 0) is 43.9 Å². The lowest BCUT2D eigenvalue weighted by molar-refractivity contribution is -0.136. The van der Waals surface area contributed by atoms with Gasteiger partial charge in [-0.25, -0.2) is 0 Å². The number of benzene rings is 1. The van der Waals surface area contributed by atoms with E-state index in [1.54, 1.807) is 0 Å². The van der Waals surface area contributed by atoms with Crippen molar-refractivity contribution >= 4 is 23.4 Å². The average Bonchev–Trinajstić information content (AvgIpc) is 2.85. The number of anilines is 1. The van der Waals surface area contributed by atoms with Crippen molar-refractivity contribution in [2.45, 2.75) is 46.0 Å². The van der Waals surface area contributed by atoms with Crippen LogP contribution in [0.25, 0.3) is 0 Å². The number of carbonyl (C=O) groups excluding carboxylic acids is 3. The maximum atomic E-state index is 12.9. The van der Waals surface area contributed by atoms with E-state index in [-0.39, 0.29) is 23.6 Å². The van der Waals surface area contributed by atoms with Crippen LogP contribution in [0, 0.1) is 5.92 Å². The van der Waals surface area contributed by atoms with Gasteiger partial charge in [-0.3, -0.25) is 24.2 Å². The summed E-state index contributed by atoms with van der Waals surface area (Å²) in [5.74, 6) is 0.205. The van der Waals surface area contributed by atoms with Crippen molar-refractivity contribution in [1.82, 2.24) is 20.0 Å². The number of piperidine rings is 1.